The van der Waals surface area contributed by atoms with Crippen molar-refractivity contribution in [3.63, 3.8) is 0 Å². The molecule has 1 N–H and O–H groups in total. The molecule has 0 spiro atoms. The zero-order chi connectivity index (χ0) is 15.5. The van der Waals surface area contributed by atoms with Crippen molar-refractivity contribution in [1.29, 1.82) is 0 Å². The average Bonchev–Trinajstić information content (AvgIpc) is 2.83. The minimum Gasteiger partial charge on any atom is -0.358 e. The number of pyridine rings is 1. The fourth-order valence-electron chi connectivity index (χ4n) is 2.50. The van der Waals surface area contributed by atoms with E-state index in [0.29, 0.717) is 18.9 Å². The molecular formula is C16H15BrFN3O. The lowest BCUT2D eigenvalue weighted by molar-refractivity contribution is -0.128. The van der Waals surface area contributed by atoms with Crippen LogP contribution in [0.5, 0.6) is 0 Å². The summed E-state index contributed by atoms with van der Waals surface area (Å²) < 4.78 is 13.8. The Morgan fingerprint density at radius 3 is 2.82 bits per heavy atom. The number of nitrogens with zero attached hydrogens (tertiary/aromatic N) is 2. The van der Waals surface area contributed by atoms with Gasteiger partial charge in [-0.05, 0) is 36.2 Å². The highest BCUT2D eigenvalue weighted by Gasteiger charge is 2.31. The third-order valence-corrected chi connectivity index (χ3v) is 4.12. The molecule has 0 aliphatic carbocycles. The zero-order valence-corrected chi connectivity index (χ0v) is 13.4. The first kappa shape index (κ1) is 15.0. The lowest BCUT2D eigenvalue weighted by Gasteiger charge is -2.17. The Labute approximate surface area is 136 Å². The fraction of sp³-hybridized carbons (Fsp3) is 0.250. The van der Waals surface area contributed by atoms with Crippen LogP contribution in [0.2, 0.25) is 0 Å². The summed E-state index contributed by atoms with van der Waals surface area (Å²) in [5, 5.41) is 3.16. The average molecular weight is 364 g/mol. The lowest BCUT2D eigenvalue weighted by atomic mass is 10.2. The Morgan fingerprint density at radius 2 is 2.09 bits per heavy atom. The van der Waals surface area contributed by atoms with Crippen LogP contribution in [0.4, 0.5) is 10.2 Å². The number of rotatable bonds is 4. The van der Waals surface area contributed by atoms with Gasteiger partial charge in [-0.3, -0.25) is 4.79 Å². The Hall–Kier alpha value is -1.95. The molecule has 1 aliphatic heterocycles. The van der Waals surface area contributed by atoms with Crippen molar-refractivity contribution in [1.82, 2.24) is 9.88 Å². The highest BCUT2D eigenvalue weighted by molar-refractivity contribution is 9.10. The number of carbonyl (C=O) groups is 1. The summed E-state index contributed by atoms with van der Waals surface area (Å²) in [7, 11) is 0. The molecule has 0 saturated carbocycles. The van der Waals surface area contributed by atoms with Crippen LogP contribution in [0.15, 0.2) is 47.1 Å². The van der Waals surface area contributed by atoms with Crippen molar-refractivity contribution >= 4 is 27.7 Å². The third kappa shape index (κ3) is 3.44. The summed E-state index contributed by atoms with van der Waals surface area (Å²) in [6, 6.07) is 9.66. The summed E-state index contributed by atoms with van der Waals surface area (Å²) in [5.74, 6) is 0.458. The minimum absolute atomic E-state index is 0.0473. The zero-order valence-electron chi connectivity index (χ0n) is 11.8. The third-order valence-electron chi connectivity index (χ3n) is 3.63. The van der Waals surface area contributed by atoms with Gasteiger partial charge in [-0.1, -0.05) is 28.1 Å². The summed E-state index contributed by atoms with van der Waals surface area (Å²) in [5.41, 5.74) is 0.927. The van der Waals surface area contributed by atoms with Crippen LogP contribution in [-0.2, 0) is 11.3 Å². The number of anilines is 1. The lowest BCUT2D eigenvalue weighted by Crippen LogP contribution is -2.33. The Bertz CT molecular complexity index is 677. The van der Waals surface area contributed by atoms with Gasteiger partial charge in [-0.2, -0.15) is 0 Å². The molecule has 1 aromatic carbocycles. The molecule has 22 heavy (non-hydrogen) atoms. The van der Waals surface area contributed by atoms with E-state index in [1.165, 1.54) is 12.1 Å². The Balaban J connectivity index is 1.63. The van der Waals surface area contributed by atoms with Gasteiger partial charge in [-0.15, -0.1) is 0 Å². The van der Waals surface area contributed by atoms with Gasteiger partial charge in [0.15, 0.2) is 0 Å². The number of likely N-dealkylation sites (tertiary alicyclic amines) is 1. The summed E-state index contributed by atoms with van der Waals surface area (Å²) in [6.45, 7) is 1.19. The Kier molecular flexibility index (Phi) is 4.38. The van der Waals surface area contributed by atoms with E-state index in [2.05, 4.69) is 26.2 Å². The molecule has 114 valence electrons. The van der Waals surface area contributed by atoms with Crippen LogP contribution < -0.4 is 5.32 Å². The fourth-order valence-corrected chi connectivity index (χ4v) is 2.84. The standard InChI is InChI=1S/C16H15BrFN3O/c17-12-5-7-19-15(9-12)20-14-6-8-21(16(14)22)10-11-1-3-13(18)4-2-11/h1-5,7,9,14H,6,8,10H2,(H,19,20). The number of amides is 1. The maximum Gasteiger partial charge on any atom is 0.245 e. The maximum atomic E-state index is 12.9. The highest BCUT2D eigenvalue weighted by atomic mass is 79.9. The van der Waals surface area contributed by atoms with Crippen molar-refractivity contribution in [2.75, 3.05) is 11.9 Å². The van der Waals surface area contributed by atoms with Crippen LogP contribution in [0.3, 0.4) is 0 Å². The predicted molar refractivity (Wildman–Crippen MR) is 85.8 cm³/mol. The number of aromatic nitrogens is 1. The first-order chi connectivity index (χ1) is 10.6. The van der Waals surface area contributed by atoms with Crippen LogP contribution in [-0.4, -0.2) is 28.4 Å². The van der Waals surface area contributed by atoms with Crippen molar-refractivity contribution in [2.45, 2.75) is 19.0 Å². The van der Waals surface area contributed by atoms with Crippen LogP contribution >= 0.6 is 15.9 Å². The van der Waals surface area contributed by atoms with E-state index in [1.54, 1.807) is 23.2 Å². The van der Waals surface area contributed by atoms with Crippen molar-refractivity contribution < 1.29 is 9.18 Å². The molecular weight excluding hydrogens is 349 g/mol. The molecule has 6 heteroatoms. The summed E-state index contributed by atoms with van der Waals surface area (Å²) in [6.07, 6.45) is 2.41. The van der Waals surface area contributed by atoms with Gasteiger partial charge < -0.3 is 10.2 Å². The number of carbonyl (C=O) groups excluding carboxylic acids is 1. The predicted octanol–water partition coefficient (Wildman–Crippen LogP) is 3.20. The molecule has 1 aromatic heterocycles. The van der Waals surface area contributed by atoms with Crippen LogP contribution in [0, 0.1) is 5.82 Å². The molecule has 1 amide bonds. The molecule has 0 radical (unpaired) electrons. The molecule has 2 heterocycles. The van der Waals surface area contributed by atoms with Crippen molar-refractivity contribution in [3.8, 4) is 0 Å². The van der Waals surface area contributed by atoms with Gasteiger partial charge in [0, 0.05) is 23.8 Å². The highest BCUT2D eigenvalue weighted by Crippen LogP contribution is 2.20. The summed E-state index contributed by atoms with van der Waals surface area (Å²) in [4.78, 5) is 18.4. The first-order valence-electron chi connectivity index (χ1n) is 7.03. The molecule has 1 aliphatic rings. The molecule has 1 unspecified atom stereocenters. The second-order valence-electron chi connectivity index (χ2n) is 5.23. The largest absolute Gasteiger partial charge is 0.358 e. The molecule has 0 bridgehead atoms. The van der Waals surface area contributed by atoms with Gasteiger partial charge in [0.1, 0.15) is 17.7 Å². The van der Waals surface area contributed by atoms with Crippen LogP contribution in [0.1, 0.15) is 12.0 Å². The topological polar surface area (TPSA) is 45.2 Å². The number of halogens is 2. The minimum atomic E-state index is -0.267. The van der Waals surface area contributed by atoms with E-state index in [0.717, 1.165) is 16.5 Å². The maximum absolute atomic E-state index is 12.9. The van der Waals surface area contributed by atoms with E-state index < -0.39 is 0 Å². The van der Waals surface area contributed by atoms with E-state index in [4.69, 9.17) is 0 Å². The van der Waals surface area contributed by atoms with Crippen LogP contribution in [0.25, 0.3) is 0 Å². The van der Waals surface area contributed by atoms with Gasteiger partial charge in [0.05, 0.1) is 0 Å². The second kappa shape index (κ2) is 6.44. The summed E-state index contributed by atoms with van der Waals surface area (Å²) >= 11 is 3.38. The van der Waals surface area contributed by atoms with Gasteiger partial charge in [0.25, 0.3) is 0 Å². The number of benzene rings is 1. The number of hydrogen-bond acceptors (Lipinski definition) is 3. The van der Waals surface area contributed by atoms with E-state index in [1.807, 2.05) is 12.1 Å². The van der Waals surface area contributed by atoms with Gasteiger partial charge in [-0.25, -0.2) is 9.37 Å². The van der Waals surface area contributed by atoms with E-state index >= 15 is 0 Å². The normalized spacial score (nSPS) is 17.8. The van der Waals surface area contributed by atoms with Crippen molar-refractivity contribution in [3.05, 3.63) is 58.4 Å². The quantitative estimate of drug-likeness (QED) is 0.906. The molecule has 3 rings (SSSR count). The number of nitrogens with one attached hydrogen (secondary N) is 1. The van der Waals surface area contributed by atoms with E-state index in [9.17, 15) is 9.18 Å². The first-order valence-corrected chi connectivity index (χ1v) is 7.82. The molecule has 1 fully saturated rings. The smallest absolute Gasteiger partial charge is 0.245 e. The van der Waals surface area contributed by atoms with Gasteiger partial charge in [0.2, 0.25) is 5.91 Å². The molecule has 1 saturated heterocycles. The second-order valence-corrected chi connectivity index (χ2v) is 6.15. The number of hydrogen-bond donors (Lipinski definition) is 1. The molecule has 4 nitrogen and oxygen atoms in total. The molecule has 2 aromatic rings. The van der Waals surface area contributed by atoms with Gasteiger partial charge >= 0.3 is 0 Å². The Morgan fingerprint density at radius 1 is 1.32 bits per heavy atom. The van der Waals surface area contributed by atoms with E-state index in [-0.39, 0.29) is 17.8 Å². The SMILES string of the molecule is O=C1C(Nc2cc(Br)ccn2)CCN1Cc1ccc(F)cc1. The monoisotopic (exact) mass is 363 g/mol. The van der Waals surface area contributed by atoms with Crippen molar-refractivity contribution in [2.24, 2.45) is 0 Å². The molecule has 1 atom stereocenters.